The summed E-state index contributed by atoms with van der Waals surface area (Å²) in [5, 5.41) is 21.7. The normalized spacial score (nSPS) is 25.4. The van der Waals surface area contributed by atoms with Crippen LogP contribution in [-0.2, 0) is 11.2 Å². The molecule has 0 aliphatic heterocycles. The van der Waals surface area contributed by atoms with Gasteiger partial charge in [-0.25, -0.2) is 0 Å². The van der Waals surface area contributed by atoms with E-state index in [-0.39, 0.29) is 30.9 Å². The lowest BCUT2D eigenvalue weighted by Gasteiger charge is -2.12. The Balaban J connectivity index is 1.86. The minimum Gasteiger partial charge on any atom is -0.497 e. The fraction of sp³-hybridized carbons (Fsp3) is 0.533. The van der Waals surface area contributed by atoms with Crippen molar-refractivity contribution in [2.75, 3.05) is 13.7 Å². The molecule has 0 unspecified atom stereocenters. The Bertz CT molecular complexity index is 463. The quantitative estimate of drug-likeness (QED) is 0.733. The number of methoxy groups -OCH3 is 1. The number of rotatable bonds is 5. The summed E-state index contributed by atoms with van der Waals surface area (Å²) in [6, 6.07) is 7.34. The Morgan fingerprint density at radius 3 is 2.90 bits per heavy atom. The number of carbonyl (C=O) groups excluding carboxylic acids is 1. The van der Waals surface area contributed by atoms with Gasteiger partial charge in [0.2, 0.25) is 5.91 Å². The fourth-order valence-corrected chi connectivity index (χ4v) is 2.66. The van der Waals surface area contributed by atoms with Crippen molar-refractivity contribution < 1.29 is 19.7 Å². The standard InChI is InChI=1S/C15H21NO4/c1-20-13-4-2-3-10(5-13)6-15(19)16-12-7-11(9-17)14(18)8-12/h2-5,11-12,14,17-18H,6-9H2,1H3,(H,16,19)/t11-,12+,14-/m1/s1. The summed E-state index contributed by atoms with van der Waals surface area (Å²) < 4.78 is 5.12. The van der Waals surface area contributed by atoms with E-state index in [2.05, 4.69) is 5.32 Å². The molecule has 0 aromatic heterocycles. The van der Waals surface area contributed by atoms with Crippen molar-refractivity contribution in [2.45, 2.75) is 31.4 Å². The van der Waals surface area contributed by atoms with Crippen molar-refractivity contribution in [3.05, 3.63) is 29.8 Å². The van der Waals surface area contributed by atoms with Crippen molar-refractivity contribution in [2.24, 2.45) is 5.92 Å². The van der Waals surface area contributed by atoms with Gasteiger partial charge in [-0.05, 0) is 30.5 Å². The van der Waals surface area contributed by atoms with Crippen molar-refractivity contribution >= 4 is 5.91 Å². The van der Waals surface area contributed by atoms with Gasteiger partial charge in [-0.15, -0.1) is 0 Å². The predicted molar refractivity (Wildman–Crippen MR) is 74.4 cm³/mol. The lowest BCUT2D eigenvalue weighted by molar-refractivity contribution is -0.121. The molecule has 20 heavy (non-hydrogen) atoms. The first kappa shape index (κ1) is 14.8. The molecule has 0 saturated heterocycles. The lowest BCUT2D eigenvalue weighted by atomic mass is 10.1. The van der Waals surface area contributed by atoms with Crippen molar-refractivity contribution in [1.82, 2.24) is 5.32 Å². The van der Waals surface area contributed by atoms with Crippen LogP contribution in [0.1, 0.15) is 18.4 Å². The number of amides is 1. The molecule has 5 nitrogen and oxygen atoms in total. The van der Waals surface area contributed by atoms with Gasteiger partial charge < -0.3 is 20.3 Å². The Hall–Kier alpha value is -1.59. The summed E-state index contributed by atoms with van der Waals surface area (Å²) in [6.07, 6.45) is 0.895. The number of nitrogens with one attached hydrogen (secondary N) is 1. The molecule has 0 radical (unpaired) electrons. The van der Waals surface area contributed by atoms with E-state index < -0.39 is 6.10 Å². The molecule has 1 amide bonds. The number of aliphatic hydroxyl groups is 2. The molecular weight excluding hydrogens is 258 g/mol. The maximum Gasteiger partial charge on any atom is 0.224 e. The largest absolute Gasteiger partial charge is 0.497 e. The molecule has 0 bridgehead atoms. The second-order valence-corrected chi connectivity index (χ2v) is 5.27. The molecule has 1 saturated carbocycles. The van der Waals surface area contributed by atoms with Crippen molar-refractivity contribution in [3.63, 3.8) is 0 Å². The van der Waals surface area contributed by atoms with Crippen LogP contribution < -0.4 is 10.1 Å². The van der Waals surface area contributed by atoms with Crippen LogP contribution in [0.2, 0.25) is 0 Å². The monoisotopic (exact) mass is 279 g/mol. The van der Waals surface area contributed by atoms with Crippen molar-refractivity contribution in [1.29, 1.82) is 0 Å². The third-order valence-corrected chi connectivity index (χ3v) is 3.76. The molecule has 0 spiro atoms. The summed E-state index contributed by atoms with van der Waals surface area (Å²) in [4.78, 5) is 12.0. The lowest BCUT2D eigenvalue weighted by Crippen LogP contribution is -2.34. The Morgan fingerprint density at radius 1 is 1.45 bits per heavy atom. The van der Waals surface area contributed by atoms with Gasteiger partial charge in [0.05, 0.1) is 19.6 Å². The maximum atomic E-state index is 12.0. The van der Waals surface area contributed by atoms with E-state index in [9.17, 15) is 9.90 Å². The van der Waals surface area contributed by atoms with Gasteiger partial charge in [0, 0.05) is 18.6 Å². The summed E-state index contributed by atoms with van der Waals surface area (Å²) in [6.45, 7) is -0.0383. The summed E-state index contributed by atoms with van der Waals surface area (Å²) >= 11 is 0. The minimum absolute atomic E-state index is 0.0383. The summed E-state index contributed by atoms with van der Waals surface area (Å²) in [5.41, 5.74) is 0.888. The number of benzene rings is 1. The first-order chi connectivity index (χ1) is 9.62. The number of carbonyl (C=O) groups is 1. The molecule has 3 N–H and O–H groups in total. The van der Waals surface area contributed by atoms with Gasteiger partial charge in [0.1, 0.15) is 5.75 Å². The number of hydrogen-bond acceptors (Lipinski definition) is 4. The molecule has 3 atom stereocenters. The smallest absolute Gasteiger partial charge is 0.224 e. The van der Waals surface area contributed by atoms with Gasteiger partial charge >= 0.3 is 0 Å². The van der Waals surface area contributed by atoms with Crippen LogP contribution in [0.5, 0.6) is 5.75 Å². The molecule has 0 heterocycles. The van der Waals surface area contributed by atoms with E-state index in [1.807, 2.05) is 24.3 Å². The van der Waals surface area contributed by atoms with E-state index >= 15 is 0 Å². The summed E-state index contributed by atoms with van der Waals surface area (Å²) in [5.74, 6) is 0.526. The molecule has 1 fully saturated rings. The van der Waals surface area contributed by atoms with E-state index in [4.69, 9.17) is 9.84 Å². The molecule has 110 valence electrons. The van der Waals surface area contributed by atoms with Crippen LogP contribution >= 0.6 is 0 Å². The van der Waals surface area contributed by atoms with Crippen LogP contribution in [0.25, 0.3) is 0 Å². The molecular formula is C15H21NO4. The highest BCUT2D eigenvalue weighted by Gasteiger charge is 2.33. The SMILES string of the molecule is COc1cccc(CC(=O)N[C@H]2C[C@H](CO)[C@H](O)C2)c1. The van der Waals surface area contributed by atoms with Gasteiger partial charge in [0.15, 0.2) is 0 Å². The third-order valence-electron chi connectivity index (χ3n) is 3.76. The van der Waals surface area contributed by atoms with Crippen LogP contribution in [0.4, 0.5) is 0 Å². The van der Waals surface area contributed by atoms with Crippen LogP contribution in [0.15, 0.2) is 24.3 Å². The number of hydrogen-bond donors (Lipinski definition) is 3. The molecule has 2 rings (SSSR count). The minimum atomic E-state index is -0.526. The predicted octanol–water partition coefficient (Wildman–Crippen LogP) is 0.486. The van der Waals surface area contributed by atoms with Gasteiger partial charge in [0.25, 0.3) is 0 Å². The number of aliphatic hydroxyl groups excluding tert-OH is 2. The Labute approximate surface area is 118 Å². The average molecular weight is 279 g/mol. The topological polar surface area (TPSA) is 78.8 Å². The first-order valence-corrected chi connectivity index (χ1v) is 6.83. The molecule has 1 aromatic carbocycles. The second kappa shape index (κ2) is 6.72. The van der Waals surface area contributed by atoms with Gasteiger partial charge in [-0.2, -0.15) is 0 Å². The maximum absolute atomic E-state index is 12.0. The summed E-state index contributed by atoms with van der Waals surface area (Å²) in [7, 11) is 1.59. The van der Waals surface area contributed by atoms with Crippen LogP contribution in [0.3, 0.4) is 0 Å². The molecule has 5 heteroatoms. The zero-order valence-corrected chi connectivity index (χ0v) is 11.6. The van der Waals surface area contributed by atoms with Crippen LogP contribution in [0, 0.1) is 5.92 Å². The highest BCUT2D eigenvalue weighted by atomic mass is 16.5. The van der Waals surface area contributed by atoms with E-state index in [1.165, 1.54) is 0 Å². The highest BCUT2D eigenvalue weighted by molar-refractivity contribution is 5.79. The van der Waals surface area contributed by atoms with Gasteiger partial charge in [-0.1, -0.05) is 12.1 Å². The Morgan fingerprint density at radius 2 is 2.25 bits per heavy atom. The van der Waals surface area contributed by atoms with Crippen molar-refractivity contribution in [3.8, 4) is 5.75 Å². The Kier molecular flexibility index (Phi) is 4.98. The fourth-order valence-electron chi connectivity index (χ4n) is 2.66. The van der Waals surface area contributed by atoms with E-state index in [0.717, 1.165) is 11.3 Å². The van der Waals surface area contributed by atoms with Gasteiger partial charge in [-0.3, -0.25) is 4.79 Å². The molecule has 1 aliphatic rings. The molecule has 1 aromatic rings. The second-order valence-electron chi connectivity index (χ2n) is 5.27. The van der Waals surface area contributed by atoms with E-state index in [0.29, 0.717) is 12.8 Å². The average Bonchev–Trinajstić information content (AvgIpc) is 2.78. The van der Waals surface area contributed by atoms with Crippen LogP contribution in [-0.4, -0.2) is 42.0 Å². The van der Waals surface area contributed by atoms with E-state index in [1.54, 1.807) is 7.11 Å². The zero-order valence-electron chi connectivity index (χ0n) is 11.6. The highest BCUT2D eigenvalue weighted by Crippen LogP contribution is 2.25. The third kappa shape index (κ3) is 3.71. The number of ether oxygens (including phenoxy) is 1. The zero-order chi connectivity index (χ0) is 14.5. The first-order valence-electron chi connectivity index (χ1n) is 6.83. The molecule has 1 aliphatic carbocycles.